The van der Waals surface area contributed by atoms with Crippen molar-refractivity contribution in [1.82, 2.24) is 20.4 Å². The van der Waals surface area contributed by atoms with E-state index in [0.717, 1.165) is 21.9 Å². The number of methoxy groups -OCH3 is 1. The second kappa shape index (κ2) is 5.38. The van der Waals surface area contributed by atoms with Crippen LogP contribution in [-0.4, -0.2) is 27.5 Å². The van der Waals surface area contributed by atoms with Crippen molar-refractivity contribution < 1.29 is 4.74 Å². The second-order valence-electron chi connectivity index (χ2n) is 4.19. The van der Waals surface area contributed by atoms with Gasteiger partial charge in [0, 0.05) is 10.6 Å². The normalized spacial score (nSPS) is 10.8. The number of rotatable bonds is 4. The van der Waals surface area contributed by atoms with Crippen LogP contribution in [0.5, 0.6) is 5.75 Å². The lowest BCUT2D eigenvalue weighted by atomic mass is 10.2. The molecule has 2 aromatic heterocycles. The number of thioether (sulfide) groups is 1. The van der Waals surface area contributed by atoms with Gasteiger partial charge in [-0.3, -0.25) is 0 Å². The Hall–Kier alpha value is -2.28. The van der Waals surface area contributed by atoms with Crippen LogP contribution in [-0.2, 0) is 5.75 Å². The van der Waals surface area contributed by atoms with E-state index in [1.807, 2.05) is 30.3 Å². The summed E-state index contributed by atoms with van der Waals surface area (Å²) >= 11 is 1.65. The third-order valence-electron chi connectivity index (χ3n) is 2.84. The molecule has 0 saturated heterocycles. The van der Waals surface area contributed by atoms with Gasteiger partial charge < -0.3 is 10.5 Å². The number of hydrogen-bond donors (Lipinski definition) is 2. The summed E-state index contributed by atoms with van der Waals surface area (Å²) in [6.07, 6.45) is 0. The monoisotopic (exact) mass is 287 g/mol. The Morgan fingerprint density at radius 1 is 1.30 bits per heavy atom. The molecule has 0 bridgehead atoms. The average Bonchev–Trinajstić information content (AvgIpc) is 2.93. The maximum absolute atomic E-state index is 5.77. The van der Waals surface area contributed by atoms with E-state index in [2.05, 4.69) is 20.4 Å². The number of H-pyrrole nitrogens is 1. The number of nitrogens with zero attached hydrogens (tertiary/aromatic N) is 3. The van der Waals surface area contributed by atoms with Gasteiger partial charge in [0.25, 0.3) is 0 Å². The molecule has 0 spiro atoms. The molecule has 3 rings (SSSR count). The lowest BCUT2D eigenvalue weighted by Crippen LogP contribution is -1.92. The van der Waals surface area contributed by atoms with Crippen LogP contribution in [0.4, 0.5) is 5.82 Å². The molecule has 0 saturated carbocycles. The van der Waals surface area contributed by atoms with Crippen LogP contribution in [0, 0.1) is 0 Å². The summed E-state index contributed by atoms with van der Waals surface area (Å²) in [5, 5.41) is 10.5. The van der Waals surface area contributed by atoms with Crippen molar-refractivity contribution in [3.05, 3.63) is 35.9 Å². The van der Waals surface area contributed by atoms with Gasteiger partial charge in [0.05, 0.1) is 7.11 Å². The molecule has 6 nitrogen and oxygen atoms in total. The maximum atomic E-state index is 5.77. The van der Waals surface area contributed by atoms with Crippen molar-refractivity contribution in [2.24, 2.45) is 0 Å². The van der Waals surface area contributed by atoms with Gasteiger partial charge in [-0.25, -0.2) is 10.1 Å². The standard InChI is InChI=1S/C13H13N5OS/c1-19-9-4-2-8(3-5-9)7-20-10-6-11(14)15-13-12(10)16-18-17-13/h2-6H,7H2,1H3,(H3,14,15,16,17,18). The third kappa shape index (κ3) is 2.53. The second-order valence-corrected chi connectivity index (χ2v) is 5.21. The van der Waals surface area contributed by atoms with Crippen molar-refractivity contribution in [2.45, 2.75) is 10.6 Å². The molecule has 0 amide bonds. The summed E-state index contributed by atoms with van der Waals surface area (Å²) < 4.78 is 5.14. The SMILES string of the molecule is COc1ccc(CSc2cc(N)nc3[nH]nnc23)cc1. The Bertz CT molecular complexity index is 725. The Balaban J connectivity index is 1.80. The Labute approximate surface area is 119 Å². The largest absolute Gasteiger partial charge is 0.497 e. The highest BCUT2D eigenvalue weighted by Gasteiger charge is 2.08. The lowest BCUT2D eigenvalue weighted by Gasteiger charge is -2.05. The van der Waals surface area contributed by atoms with Gasteiger partial charge in [-0.1, -0.05) is 17.3 Å². The number of nitrogens with one attached hydrogen (secondary N) is 1. The smallest absolute Gasteiger partial charge is 0.179 e. The van der Waals surface area contributed by atoms with Crippen molar-refractivity contribution in [3.8, 4) is 5.75 Å². The van der Waals surface area contributed by atoms with Gasteiger partial charge in [-0.05, 0) is 23.8 Å². The van der Waals surface area contributed by atoms with Crippen molar-refractivity contribution in [1.29, 1.82) is 0 Å². The number of nitrogen functional groups attached to an aromatic ring is 1. The minimum Gasteiger partial charge on any atom is -0.497 e. The molecule has 0 fully saturated rings. The van der Waals surface area contributed by atoms with Crippen LogP contribution < -0.4 is 10.5 Å². The number of hydrogen-bond acceptors (Lipinski definition) is 6. The number of anilines is 1. The Kier molecular flexibility index (Phi) is 3.42. The molecule has 0 aliphatic rings. The minimum atomic E-state index is 0.459. The molecule has 0 aliphatic carbocycles. The zero-order valence-corrected chi connectivity index (χ0v) is 11.6. The number of fused-ring (bicyclic) bond motifs is 1. The van der Waals surface area contributed by atoms with Crippen LogP contribution in [0.25, 0.3) is 11.2 Å². The summed E-state index contributed by atoms with van der Waals surface area (Å²) in [6, 6.07) is 9.79. The van der Waals surface area contributed by atoms with Crippen LogP contribution in [0.3, 0.4) is 0 Å². The van der Waals surface area contributed by atoms with Gasteiger partial charge >= 0.3 is 0 Å². The predicted molar refractivity (Wildman–Crippen MR) is 78.7 cm³/mol. The zero-order chi connectivity index (χ0) is 13.9. The number of aromatic amines is 1. The van der Waals surface area contributed by atoms with E-state index in [4.69, 9.17) is 10.5 Å². The zero-order valence-electron chi connectivity index (χ0n) is 10.8. The molecule has 102 valence electrons. The van der Waals surface area contributed by atoms with E-state index in [-0.39, 0.29) is 0 Å². The lowest BCUT2D eigenvalue weighted by molar-refractivity contribution is 0.414. The molecule has 0 atom stereocenters. The first-order valence-corrected chi connectivity index (χ1v) is 6.98. The van der Waals surface area contributed by atoms with Crippen LogP contribution in [0.2, 0.25) is 0 Å². The van der Waals surface area contributed by atoms with E-state index in [1.165, 1.54) is 5.56 Å². The topological polar surface area (TPSA) is 89.7 Å². The van der Waals surface area contributed by atoms with Crippen molar-refractivity contribution in [3.63, 3.8) is 0 Å². The average molecular weight is 287 g/mol. The molecule has 3 aromatic rings. The first-order chi connectivity index (χ1) is 9.76. The molecular formula is C13H13N5OS. The fourth-order valence-electron chi connectivity index (χ4n) is 1.82. The Morgan fingerprint density at radius 2 is 2.10 bits per heavy atom. The predicted octanol–water partition coefficient (Wildman–Crippen LogP) is 2.24. The van der Waals surface area contributed by atoms with Gasteiger partial charge in [0.2, 0.25) is 0 Å². The number of benzene rings is 1. The van der Waals surface area contributed by atoms with Crippen molar-refractivity contribution in [2.75, 3.05) is 12.8 Å². The van der Waals surface area contributed by atoms with E-state index in [0.29, 0.717) is 11.5 Å². The summed E-state index contributed by atoms with van der Waals surface area (Å²) in [5.74, 6) is 2.13. The summed E-state index contributed by atoms with van der Waals surface area (Å²) in [5.41, 5.74) is 8.33. The molecular weight excluding hydrogens is 274 g/mol. The minimum absolute atomic E-state index is 0.459. The summed E-state index contributed by atoms with van der Waals surface area (Å²) in [6.45, 7) is 0. The van der Waals surface area contributed by atoms with E-state index in [1.54, 1.807) is 18.9 Å². The van der Waals surface area contributed by atoms with Gasteiger partial charge in [0.15, 0.2) is 5.65 Å². The molecule has 0 aliphatic heterocycles. The first kappa shape index (κ1) is 12.7. The van der Waals surface area contributed by atoms with Gasteiger partial charge in [-0.15, -0.1) is 16.9 Å². The molecule has 0 unspecified atom stereocenters. The molecule has 0 radical (unpaired) electrons. The number of aromatic nitrogens is 4. The summed E-state index contributed by atoms with van der Waals surface area (Å²) in [4.78, 5) is 5.11. The highest BCUT2D eigenvalue weighted by molar-refractivity contribution is 7.98. The number of pyridine rings is 1. The van der Waals surface area contributed by atoms with Gasteiger partial charge in [-0.2, -0.15) is 0 Å². The first-order valence-electron chi connectivity index (χ1n) is 5.99. The quantitative estimate of drug-likeness (QED) is 0.715. The fourth-order valence-corrected chi connectivity index (χ4v) is 2.82. The van der Waals surface area contributed by atoms with Crippen LogP contribution in [0.15, 0.2) is 35.2 Å². The number of ether oxygens (including phenoxy) is 1. The number of nitrogens with two attached hydrogens (primary N) is 1. The van der Waals surface area contributed by atoms with Crippen LogP contribution in [0.1, 0.15) is 5.56 Å². The van der Waals surface area contributed by atoms with E-state index >= 15 is 0 Å². The summed E-state index contributed by atoms with van der Waals surface area (Å²) in [7, 11) is 1.66. The van der Waals surface area contributed by atoms with E-state index in [9.17, 15) is 0 Å². The van der Waals surface area contributed by atoms with Crippen LogP contribution >= 0.6 is 11.8 Å². The highest BCUT2D eigenvalue weighted by atomic mass is 32.2. The molecule has 3 N–H and O–H groups in total. The van der Waals surface area contributed by atoms with Crippen molar-refractivity contribution >= 4 is 28.7 Å². The Morgan fingerprint density at radius 3 is 2.85 bits per heavy atom. The van der Waals surface area contributed by atoms with Gasteiger partial charge in [0.1, 0.15) is 17.1 Å². The highest BCUT2D eigenvalue weighted by Crippen LogP contribution is 2.29. The molecule has 1 aromatic carbocycles. The van der Waals surface area contributed by atoms with E-state index < -0.39 is 0 Å². The molecule has 2 heterocycles. The molecule has 7 heteroatoms. The molecule has 20 heavy (non-hydrogen) atoms. The third-order valence-corrected chi connectivity index (χ3v) is 3.94. The maximum Gasteiger partial charge on any atom is 0.179 e. The fraction of sp³-hybridized carbons (Fsp3) is 0.154.